The lowest BCUT2D eigenvalue weighted by atomic mass is 9.92. The molecule has 0 unspecified atom stereocenters. The maximum absolute atomic E-state index is 14.0. The second-order valence-electron chi connectivity index (χ2n) is 11.2. The number of rotatable bonds is 10. The van der Waals surface area contributed by atoms with Crippen LogP contribution in [-0.2, 0) is 20.9 Å². The molecule has 1 saturated heterocycles. The van der Waals surface area contributed by atoms with Gasteiger partial charge in [0.25, 0.3) is 0 Å². The van der Waals surface area contributed by atoms with Gasteiger partial charge in [-0.25, -0.2) is 0 Å². The van der Waals surface area contributed by atoms with Crippen molar-refractivity contribution in [1.82, 2.24) is 4.90 Å². The Labute approximate surface area is 217 Å². The molecule has 6 heteroatoms. The quantitative estimate of drug-likeness (QED) is 0.452. The Kier molecular flexibility index (Phi) is 9.55. The Morgan fingerprint density at radius 1 is 1.11 bits per heavy atom. The second-order valence-corrected chi connectivity index (χ2v) is 11.2. The van der Waals surface area contributed by atoms with Crippen LogP contribution in [0.5, 0.6) is 0 Å². The van der Waals surface area contributed by atoms with Crippen LogP contribution in [-0.4, -0.2) is 50.1 Å². The Morgan fingerprint density at radius 3 is 2.42 bits per heavy atom. The van der Waals surface area contributed by atoms with E-state index in [4.69, 9.17) is 4.74 Å². The molecule has 2 aromatic rings. The summed E-state index contributed by atoms with van der Waals surface area (Å²) in [6, 6.07) is 16.0. The molecule has 3 rings (SSSR count). The fourth-order valence-corrected chi connectivity index (χ4v) is 4.84. The van der Waals surface area contributed by atoms with Crippen molar-refractivity contribution < 1.29 is 14.3 Å². The van der Waals surface area contributed by atoms with Gasteiger partial charge in [-0.05, 0) is 54.0 Å². The van der Waals surface area contributed by atoms with E-state index in [2.05, 4.69) is 37.9 Å². The number of nitrogens with one attached hydrogen (secondary N) is 1. The van der Waals surface area contributed by atoms with Gasteiger partial charge in [0.15, 0.2) is 0 Å². The summed E-state index contributed by atoms with van der Waals surface area (Å²) in [5, 5.41) is 3.05. The van der Waals surface area contributed by atoms with Gasteiger partial charge in [-0.2, -0.15) is 0 Å². The first-order valence-corrected chi connectivity index (χ1v) is 13.1. The highest BCUT2D eigenvalue weighted by molar-refractivity contribution is 5.91. The van der Waals surface area contributed by atoms with Gasteiger partial charge < -0.3 is 19.9 Å². The SMILES string of the molecule is CC[C@@H](C(=O)N(Cc1cc(NC(=O)CC(C)(C)C)ccc1N(C)C)C[C@H]1CCCO1)c1ccccc1. The summed E-state index contributed by atoms with van der Waals surface area (Å²) >= 11 is 0. The molecule has 196 valence electrons. The van der Waals surface area contributed by atoms with Crippen molar-refractivity contribution in [2.24, 2.45) is 5.41 Å². The molecule has 1 heterocycles. The van der Waals surface area contributed by atoms with E-state index in [-0.39, 0.29) is 29.3 Å². The van der Waals surface area contributed by atoms with Gasteiger partial charge in [0.05, 0.1) is 12.0 Å². The minimum Gasteiger partial charge on any atom is -0.377 e. The number of ether oxygens (including phenoxy) is 1. The van der Waals surface area contributed by atoms with Crippen LogP contribution in [0.4, 0.5) is 11.4 Å². The average Bonchev–Trinajstić information content (AvgIpc) is 3.31. The van der Waals surface area contributed by atoms with Crippen LogP contribution in [0.2, 0.25) is 0 Å². The molecule has 2 aromatic carbocycles. The summed E-state index contributed by atoms with van der Waals surface area (Å²) in [5.74, 6) is -0.0929. The maximum Gasteiger partial charge on any atom is 0.230 e. The molecule has 1 fully saturated rings. The topological polar surface area (TPSA) is 61.9 Å². The van der Waals surface area contributed by atoms with Gasteiger partial charge in [-0.3, -0.25) is 9.59 Å². The molecule has 1 aliphatic heterocycles. The van der Waals surface area contributed by atoms with E-state index in [1.54, 1.807) is 0 Å². The van der Waals surface area contributed by atoms with Crippen molar-refractivity contribution >= 4 is 23.2 Å². The fourth-order valence-electron chi connectivity index (χ4n) is 4.84. The van der Waals surface area contributed by atoms with Crippen LogP contribution in [0.3, 0.4) is 0 Å². The van der Waals surface area contributed by atoms with E-state index >= 15 is 0 Å². The zero-order valence-corrected chi connectivity index (χ0v) is 22.8. The van der Waals surface area contributed by atoms with Crippen LogP contribution >= 0.6 is 0 Å². The minimum absolute atomic E-state index is 0.00605. The van der Waals surface area contributed by atoms with Crippen LogP contribution in [0, 0.1) is 5.41 Å². The van der Waals surface area contributed by atoms with E-state index in [0.717, 1.165) is 48.4 Å². The Morgan fingerprint density at radius 2 is 1.83 bits per heavy atom. The molecule has 36 heavy (non-hydrogen) atoms. The Hall–Kier alpha value is -2.86. The molecule has 2 atom stereocenters. The summed E-state index contributed by atoms with van der Waals surface area (Å²) < 4.78 is 5.93. The van der Waals surface area contributed by atoms with Crippen LogP contribution in [0.1, 0.15) is 70.4 Å². The molecule has 0 bridgehead atoms. The van der Waals surface area contributed by atoms with E-state index in [0.29, 0.717) is 19.5 Å². The zero-order valence-electron chi connectivity index (χ0n) is 22.8. The summed E-state index contributed by atoms with van der Waals surface area (Å²) in [5.41, 5.74) is 3.74. The van der Waals surface area contributed by atoms with Gasteiger partial charge >= 0.3 is 0 Å². The van der Waals surface area contributed by atoms with Gasteiger partial charge in [0.2, 0.25) is 11.8 Å². The van der Waals surface area contributed by atoms with Gasteiger partial charge in [0.1, 0.15) is 0 Å². The van der Waals surface area contributed by atoms with Crippen molar-refractivity contribution in [2.45, 2.75) is 71.9 Å². The average molecular weight is 494 g/mol. The number of hydrogen-bond donors (Lipinski definition) is 1. The highest BCUT2D eigenvalue weighted by Crippen LogP contribution is 2.29. The molecule has 6 nitrogen and oxygen atoms in total. The minimum atomic E-state index is -0.204. The van der Waals surface area contributed by atoms with E-state index in [1.165, 1.54) is 0 Å². The third kappa shape index (κ3) is 7.82. The van der Waals surface area contributed by atoms with Gasteiger partial charge in [-0.1, -0.05) is 58.0 Å². The summed E-state index contributed by atoms with van der Waals surface area (Å²) in [6.45, 7) is 10.0. The van der Waals surface area contributed by atoms with Crippen molar-refractivity contribution in [3.63, 3.8) is 0 Å². The zero-order chi connectivity index (χ0) is 26.3. The molecule has 0 spiro atoms. The lowest BCUT2D eigenvalue weighted by molar-refractivity contribution is -0.135. The first kappa shape index (κ1) is 27.7. The maximum atomic E-state index is 14.0. The third-order valence-corrected chi connectivity index (χ3v) is 6.57. The first-order valence-electron chi connectivity index (χ1n) is 13.1. The predicted molar refractivity (Wildman–Crippen MR) is 147 cm³/mol. The smallest absolute Gasteiger partial charge is 0.230 e. The van der Waals surface area contributed by atoms with Gasteiger partial charge in [0, 0.05) is 51.6 Å². The number of nitrogens with zero attached hydrogens (tertiary/aromatic N) is 2. The fraction of sp³-hybridized carbons (Fsp3) is 0.533. The van der Waals surface area contributed by atoms with Crippen molar-refractivity contribution in [3.8, 4) is 0 Å². The summed E-state index contributed by atoms with van der Waals surface area (Å²) in [7, 11) is 4.00. The number of carbonyl (C=O) groups excluding carboxylic acids is 2. The molecular weight excluding hydrogens is 450 g/mol. The molecule has 2 amide bonds. The summed E-state index contributed by atoms with van der Waals surface area (Å²) in [6.07, 6.45) is 3.22. The predicted octanol–water partition coefficient (Wildman–Crippen LogP) is 5.83. The standard InChI is InChI=1S/C30H43N3O3/c1-7-26(22-12-9-8-10-13-22)29(35)33(21-25-14-11-17-36-25)20-23-18-24(15-16-27(23)32(5)6)31-28(34)19-30(2,3)4/h8-10,12-13,15-16,18,25-26H,7,11,14,17,19-21H2,1-6H3,(H,31,34)/t25-,26-/m1/s1. The van der Waals surface area contributed by atoms with Gasteiger partial charge in [-0.15, -0.1) is 0 Å². The second kappa shape index (κ2) is 12.4. The Balaban J connectivity index is 1.90. The molecule has 1 aliphatic rings. The van der Waals surface area contributed by atoms with Crippen LogP contribution in [0.15, 0.2) is 48.5 Å². The van der Waals surface area contributed by atoms with Crippen molar-refractivity contribution in [2.75, 3.05) is 37.5 Å². The first-order chi connectivity index (χ1) is 17.1. The Bertz CT molecular complexity index is 1010. The molecule has 1 N–H and O–H groups in total. The van der Waals surface area contributed by atoms with E-state index < -0.39 is 0 Å². The van der Waals surface area contributed by atoms with E-state index in [1.807, 2.05) is 67.5 Å². The van der Waals surface area contributed by atoms with Crippen LogP contribution in [0.25, 0.3) is 0 Å². The molecule has 0 aromatic heterocycles. The molecule has 0 aliphatic carbocycles. The lowest BCUT2D eigenvalue weighted by Gasteiger charge is -2.31. The number of hydrogen-bond acceptors (Lipinski definition) is 4. The highest BCUT2D eigenvalue weighted by atomic mass is 16.5. The molecular formula is C30H43N3O3. The lowest BCUT2D eigenvalue weighted by Crippen LogP contribution is -2.40. The van der Waals surface area contributed by atoms with Crippen molar-refractivity contribution in [3.05, 3.63) is 59.7 Å². The summed E-state index contributed by atoms with van der Waals surface area (Å²) in [4.78, 5) is 30.6. The monoisotopic (exact) mass is 493 g/mol. The number of anilines is 2. The number of amides is 2. The largest absolute Gasteiger partial charge is 0.377 e. The molecule has 0 radical (unpaired) electrons. The number of benzene rings is 2. The van der Waals surface area contributed by atoms with Crippen LogP contribution < -0.4 is 10.2 Å². The number of carbonyl (C=O) groups is 2. The van der Waals surface area contributed by atoms with Crippen molar-refractivity contribution in [1.29, 1.82) is 0 Å². The molecule has 0 saturated carbocycles. The highest BCUT2D eigenvalue weighted by Gasteiger charge is 2.29. The third-order valence-electron chi connectivity index (χ3n) is 6.57. The normalized spacial score (nSPS) is 16.4. The van der Waals surface area contributed by atoms with E-state index in [9.17, 15) is 9.59 Å².